The van der Waals surface area contributed by atoms with Crippen LogP contribution in [0.5, 0.6) is 0 Å². The first-order valence-electron chi connectivity index (χ1n) is 9.86. The number of aliphatic hydroxyl groups excluding tert-OH is 1. The molecule has 30 heavy (non-hydrogen) atoms. The molecule has 0 spiro atoms. The molecule has 3 aromatic rings. The van der Waals surface area contributed by atoms with Crippen molar-refractivity contribution in [1.29, 1.82) is 0 Å². The Morgan fingerprint density at radius 1 is 0.800 bits per heavy atom. The first-order chi connectivity index (χ1) is 14.8. The average Bonchev–Trinajstić information content (AvgIpc) is 2.79. The van der Waals surface area contributed by atoms with E-state index in [1.807, 2.05) is 84.9 Å². The van der Waals surface area contributed by atoms with Crippen molar-refractivity contribution in [3.05, 3.63) is 125 Å². The Balaban J connectivity index is 1.57. The fraction of sp³-hybridized carbons (Fsp3) is 0.154. The first kappa shape index (κ1) is 22.1. The topological polar surface area (TPSA) is 38.7 Å². The molecule has 0 bridgehead atoms. The normalized spacial score (nSPS) is 12.8. The third-order valence-electron chi connectivity index (χ3n) is 4.18. The molecule has 0 amide bonds. The van der Waals surface area contributed by atoms with Gasteiger partial charge in [-0.3, -0.25) is 0 Å². The molecule has 0 unspecified atom stereocenters. The molecule has 0 aliphatic carbocycles. The predicted octanol–water partition coefficient (Wildman–Crippen LogP) is 4.21. The van der Waals surface area contributed by atoms with Crippen LogP contribution in [-0.2, 0) is 22.7 Å². The Morgan fingerprint density at radius 3 is 2.00 bits per heavy atom. The van der Waals surface area contributed by atoms with Crippen LogP contribution in [0.3, 0.4) is 0 Å². The van der Waals surface area contributed by atoms with E-state index in [4.69, 9.17) is 9.47 Å². The van der Waals surface area contributed by atoms with Crippen molar-refractivity contribution >= 4 is 19.4 Å². The van der Waals surface area contributed by atoms with E-state index in [0.29, 0.717) is 19.0 Å². The summed E-state index contributed by atoms with van der Waals surface area (Å²) in [5, 5.41) is 10.4. The molecule has 0 aliphatic rings. The molecular formula is C26H26O3Se. The zero-order chi connectivity index (χ0) is 20.9. The third-order valence-corrected chi connectivity index (χ3v) is 5.90. The maximum absolute atomic E-state index is 10.4. The molecule has 154 valence electrons. The molecule has 0 aliphatic heterocycles. The molecule has 3 nitrogen and oxygen atoms in total. The van der Waals surface area contributed by atoms with E-state index >= 15 is 0 Å². The van der Waals surface area contributed by atoms with E-state index in [-0.39, 0.29) is 21.6 Å². The van der Waals surface area contributed by atoms with Gasteiger partial charge < -0.3 is 0 Å². The van der Waals surface area contributed by atoms with E-state index in [1.54, 1.807) is 6.08 Å². The number of hydrogen-bond acceptors (Lipinski definition) is 3. The van der Waals surface area contributed by atoms with Gasteiger partial charge in [-0.25, -0.2) is 0 Å². The molecule has 4 heteroatoms. The summed E-state index contributed by atoms with van der Waals surface area (Å²) < 4.78 is 12.9. The van der Waals surface area contributed by atoms with Crippen molar-refractivity contribution in [3.63, 3.8) is 0 Å². The number of benzene rings is 3. The van der Waals surface area contributed by atoms with E-state index < -0.39 is 6.10 Å². The molecular weight excluding hydrogens is 439 g/mol. The van der Waals surface area contributed by atoms with Crippen LogP contribution in [0.4, 0.5) is 0 Å². The summed E-state index contributed by atoms with van der Waals surface area (Å²) in [6.07, 6.45) is 2.91. The molecule has 3 aromatic carbocycles. The second kappa shape index (κ2) is 12.8. The molecule has 1 N–H and O–H groups in total. The van der Waals surface area contributed by atoms with Gasteiger partial charge in [0.1, 0.15) is 0 Å². The van der Waals surface area contributed by atoms with Crippen molar-refractivity contribution in [1.82, 2.24) is 0 Å². The summed E-state index contributed by atoms with van der Waals surface area (Å²) >= 11 is 0.200. The summed E-state index contributed by atoms with van der Waals surface area (Å²) in [7, 11) is 0. The van der Waals surface area contributed by atoms with E-state index in [2.05, 4.69) is 17.1 Å². The van der Waals surface area contributed by atoms with Gasteiger partial charge in [0.25, 0.3) is 0 Å². The quantitative estimate of drug-likeness (QED) is 0.262. The zero-order valence-corrected chi connectivity index (χ0v) is 18.5. The van der Waals surface area contributed by atoms with Gasteiger partial charge in [-0.2, -0.15) is 0 Å². The van der Waals surface area contributed by atoms with Crippen LogP contribution in [0.15, 0.2) is 114 Å². The summed E-state index contributed by atoms with van der Waals surface area (Å²) in [5.41, 5.74) is 2.17. The average molecular weight is 465 g/mol. The number of rotatable bonds is 11. The predicted molar refractivity (Wildman–Crippen MR) is 122 cm³/mol. The number of aliphatic hydroxyl groups is 1. The molecule has 0 heterocycles. The first-order valence-corrected chi connectivity index (χ1v) is 11.7. The van der Waals surface area contributed by atoms with Gasteiger partial charge in [0.2, 0.25) is 0 Å². The van der Waals surface area contributed by atoms with Crippen LogP contribution in [-0.4, -0.2) is 32.8 Å². The summed E-state index contributed by atoms with van der Waals surface area (Å²) in [6, 6.07) is 30.3. The van der Waals surface area contributed by atoms with Gasteiger partial charge in [-0.1, -0.05) is 0 Å². The molecule has 0 fully saturated rings. The summed E-state index contributed by atoms with van der Waals surface area (Å²) in [5.74, 6) is 0.646. The molecule has 0 aromatic heterocycles. The van der Waals surface area contributed by atoms with Crippen LogP contribution in [0.25, 0.3) is 0 Å². The fourth-order valence-electron chi connectivity index (χ4n) is 2.68. The fourth-order valence-corrected chi connectivity index (χ4v) is 4.09. The summed E-state index contributed by atoms with van der Waals surface area (Å²) in [4.78, 5) is 2.11. The van der Waals surface area contributed by atoms with Gasteiger partial charge in [0.15, 0.2) is 0 Å². The van der Waals surface area contributed by atoms with Crippen LogP contribution < -0.4 is 4.46 Å². The van der Waals surface area contributed by atoms with Gasteiger partial charge in [-0.05, 0) is 0 Å². The van der Waals surface area contributed by atoms with Crippen molar-refractivity contribution < 1.29 is 14.6 Å². The molecule has 3 rings (SSSR count). The number of ether oxygens (including phenoxy) is 2. The standard InChI is InChI=1S/C26H26O3Se/c27-24(21-28-19-22-10-4-1-5-11-22)18-25(29-20-23-12-6-2-7-13-23)16-17-30-26-14-8-3-9-15-26/h1-18,24,27H,19-21H2/b17-16-,25-18-/t24-/m1/s1. The molecule has 0 saturated heterocycles. The second-order valence-electron chi connectivity index (χ2n) is 6.65. The Hall–Kier alpha value is -2.62. The molecule has 0 saturated carbocycles. The Labute approximate surface area is 184 Å². The molecule has 0 radical (unpaired) electrons. The molecule has 1 atom stereocenters. The Kier molecular flexibility index (Phi) is 9.45. The summed E-state index contributed by atoms with van der Waals surface area (Å²) in [6.45, 7) is 1.14. The van der Waals surface area contributed by atoms with Crippen molar-refractivity contribution in [2.24, 2.45) is 0 Å². The SMILES string of the molecule is O[C@H](/C=C(/C=C\[Se]c1ccccc1)OCc1ccccc1)COCc1ccccc1. The van der Waals surface area contributed by atoms with E-state index in [0.717, 1.165) is 11.1 Å². The van der Waals surface area contributed by atoms with Crippen molar-refractivity contribution in [2.45, 2.75) is 19.3 Å². The van der Waals surface area contributed by atoms with E-state index in [1.165, 1.54) is 4.46 Å². The zero-order valence-electron chi connectivity index (χ0n) is 16.8. The van der Waals surface area contributed by atoms with Crippen molar-refractivity contribution in [3.8, 4) is 0 Å². The van der Waals surface area contributed by atoms with Crippen LogP contribution in [0.1, 0.15) is 11.1 Å². The minimum atomic E-state index is -0.742. The third kappa shape index (κ3) is 8.40. The van der Waals surface area contributed by atoms with Gasteiger partial charge in [-0.15, -0.1) is 0 Å². The van der Waals surface area contributed by atoms with Crippen LogP contribution >= 0.6 is 0 Å². The minimum absolute atomic E-state index is 0.200. The Morgan fingerprint density at radius 2 is 1.37 bits per heavy atom. The van der Waals surface area contributed by atoms with Crippen LogP contribution in [0, 0.1) is 0 Å². The number of hydrogen-bond donors (Lipinski definition) is 1. The monoisotopic (exact) mass is 466 g/mol. The van der Waals surface area contributed by atoms with Crippen molar-refractivity contribution in [2.75, 3.05) is 6.61 Å². The van der Waals surface area contributed by atoms with Gasteiger partial charge in [0, 0.05) is 0 Å². The van der Waals surface area contributed by atoms with Gasteiger partial charge >= 0.3 is 185 Å². The van der Waals surface area contributed by atoms with E-state index in [9.17, 15) is 5.11 Å². The maximum atomic E-state index is 10.4. The van der Waals surface area contributed by atoms with Crippen LogP contribution in [0.2, 0.25) is 0 Å². The second-order valence-corrected chi connectivity index (χ2v) is 8.70. The van der Waals surface area contributed by atoms with Gasteiger partial charge in [0.05, 0.1) is 0 Å². The Bertz CT molecular complexity index is 909. The number of allylic oxidation sites excluding steroid dienone is 1.